The highest BCUT2D eigenvalue weighted by atomic mass is 14.6. The van der Waals surface area contributed by atoms with Crippen LogP contribution in [-0.4, -0.2) is 0 Å². The van der Waals surface area contributed by atoms with Gasteiger partial charge in [0, 0.05) is 0 Å². The summed E-state index contributed by atoms with van der Waals surface area (Å²) in [5.74, 6) is 5.84. The number of hydrogen-bond donors (Lipinski definition) is 0. The van der Waals surface area contributed by atoms with Crippen LogP contribution in [0.3, 0.4) is 0 Å². The lowest BCUT2D eigenvalue weighted by atomic mass is 9.47. The molecule has 7 atom stereocenters. The monoisotopic (exact) mass is 370 g/mol. The number of fused-ring (bicyclic) bond motifs is 5. The fourth-order valence-electron chi connectivity index (χ4n) is 8.72. The molecule has 0 aromatic heterocycles. The molecule has 3 fully saturated rings. The molecular formula is C27H46. The van der Waals surface area contributed by atoms with E-state index in [0.717, 1.165) is 35.5 Å². The van der Waals surface area contributed by atoms with E-state index >= 15 is 0 Å². The fraction of sp³-hybridized carbons (Fsp3) is 0.926. The molecule has 154 valence electrons. The molecule has 0 amide bonds. The van der Waals surface area contributed by atoms with Gasteiger partial charge in [-0.25, -0.2) is 0 Å². The van der Waals surface area contributed by atoms with E-state index in [1.807, 2.05) is 5.57 Å². The number of hydrogen-bond acceptors (Lipinski definition) is 0. The molecule has 0 saturated heterocycles. The van der Waals surface area contributed by atoms with Crippen molar-refractivity contribution in [2.24, 2.45) is 46.3 Å². The van der Waals surface area contributed by atoms with E-state index in [4.69, 9.17) is 0 Å². The summed E-state index contributed by atoms with van der Waals surface area (Å²) < 4.78 is 0. The van der Waals surface area contributed by atoms with Gasteiger partial charge in [0.05, 0.1) is 0 Å². The Kier molecular flexibility index (Phi) is 5.59. The summed E-state index contributed by atoms with van der Waals surface area (Å²) in [6.45, 7) is 12.8. The Bertz CT molecular complexity index is 556. The van der Waals surface area contributed by atoms with E-state index in [0.29, 0.717) is 10.8 Å². The van der Waals surface area contributed by atoms with Gasteiger partial charge < -0.3 is 0 Å². The molecule has 0 nitrogen and oxygen atoms in total. The molecular weight excluding hydrogens is 324 g/mol. The molecule has 4 aliphatic rings. The Morgan fingerprint density at radius 1 is 0.963 bits per heavy atom. The Morgan fingerprint density at radius 2 is 1.78 bits per heavy atom. The molecule has 3 saturated carbocycles. The Labute approximate surface area is 170 Å². The van der Waals surface area contributed by atoms with Crippen LogP contribution >= 0.6 is 0 Å². The first-order valence-electron chi connectivity index (χ1n) is 12.6. The molecule has 0 heteroatoms. The zero-order valence-electron chi connectivity index (χ0n) is 19.0. The molecule has 0 bridgehead atoms. The van der Waals surface area contributed by atoms with Crippen molar-refractivity contribution >= 4 is 0 Å². The summed E-state index contributed by atoms with van der Waals surface area (Å²) in [5.41, 5.74) is 3.09. The van der Waals surface area contributed by atoms with Gasteiger partial charge in [-0.05, 0) is 97.7 Å². The van der Waals surface area contributed by atoms with Crippen LogP contribution in [0.25, 0.3) is 0 Å². The molecule has 0 spiro atoms. The van der Waals surface area contributed by atoms with Gasteiger partial charge in [-0.15, -0.1) is 0 Å². The Hall–Kier alpha value is -0.260. The lowest BCUT2D eigenvalue weighted by Crippen LogP contribution is -2.50. The summed E-state index contributed by atoms with van der Waals surface area (Å²) in [7, 11) is 0. The molecule has 27 heavy (non-hydrogen) atoms. The zero-order valence-corrected chi connectivity index (χ0v) is 19.0. The predicted octanol–water partition coefficient (Wildman–Crippen LogP) is 8.42. The molecule has 0 aromatic carbocycles. The van der Waals surface area contributed by atoms with Crippen LogP contribution in [0.15, 0.2) is 11.6 Å². The van der Waals surface area contributed by atoms with Gasteiger partial charge in [-0.2, -0.15) is 0 Å². The van der Waals surface area contributed by atoms with Gasteiger partial charge in [0.1, 0.15) is 0 Å². The zero-order chi connectivity index (χ0) is 19.2. The quantitative estimate of drug-likeness (QED) is 0.426. The lowest BCUT2D eigenvalue weighted by molar-refractivity contribution is -0.0500. The molecule has 4 rings (SSSR count). The van der Waals surface area contributed by atoms with Crippen molar-refractivity contribution in [2.45, 2.75) is 112 Å². The Balaban J connectivity index is 1.49. The summed E-state index contributed by atoms with van der Waals surface area (Å²) >= 11 is 0. The van der Waals surface area contributed by atoms with E-state index in [2.05, 4.69) is 40.7 Å². The SMILES string of the molecule is CC(C)CCC[C@@H](C)[C@@H]1CC[C@H]2[C@H]3CC=C4CCCC[C@@]4(C)[C@@H]3CC[C@]21C. The first-order chi connectivity index (χ1) is 12.9. The van der Waals surface area contributed by atoms with Gasteiger partial charge in [0.15, 0.2) is 0 Å². The fourth-order valence-corrected chi connectivity index (χ4v) is 8.72. The largest absolute Gasteiger partial charge is 0.0845 e. The van der Waals surface area contributed by atoms with Crippen LogP contribution < -0.4 is 0 Å². The second-order valence-corrected chi connectivity index (χ2v) is 12.0. The molecule has 4 aliphatic carbocycles. The van der Waals surface area contributed by atoms with Crippen LogP contribution in [0.4, 0.5) is 0 Å². The Morgan fingerprint density at radius 3 is 2.56 bits per heavy atom. The van der Waals surface area contributed by atoms with Crippen molar-refractivity contribution in [1.82, 2.24) is 0 Å². The summed E-state index contributed by atoms with van der Waals surface area (Å²) in [5, 5.41) is 0. The maximum absolute atomic E-state index is 2.74. The third-order valence-electron chi connectivity index (χ3n) is 10.2. The normalized spacial score (nSPS) is 45.0. The highest BCUT2D eigenvalue weighted by Gasteiger charge is 2.58. The molecule has 0 aromatic rings. The smallest absolute Gasteiger partial charge is 0.00853 e. The van der Waals surface area contributed by atoms with Crippen LogP contribution in [-0.2, 0) is 0 Å². The summed E-state index contributed by atoms with van der Waals surface area (Å²) in [6.07, 6.45) is 20.5. The minimum absolute atomic E-state index is 0.573. The van der Waals surface area contributed by atoms with Gasteiger partial charge in [0.25, 0.3) is 0 Å². The average Bonchev–Trinajstić information content (AvgIpc) is 2.98. The van der Waals surface area contributed by atoms with Crippen molar-refractivity contribution in [3.63, 3.8) is 0 Å². The minimum atomic E-state index is 0.573. The van der Waals surface area contributed by atoms with Crippen molar-refractivity contribution in [3.05, 3.63) is 11.6 Å². The topological polar surface area (TPSA) is 0 Å². The average molecular weight is 371 g/mol. The predicted molar refractivity (Wildman–Crippen MR) is 118 cm³/mol. The second-order valence-electron chi connectivity index (χ2n) is 12.0. The summed E-state index contributed by atoms with van der Waals surface area (Å²) in [6, 6.07) is 0. The van der Waals surface area contributed by atoms with Crippen molar-refractivity contribution in [3.8, 4) is 0 Å². The molecule has 0 aliphatic heterocycles. The molecule has 0 radical (unpaired) electrons. The van der Waals surface area contributed by atoms with Crippen LogP contribution in [0, 0.1) is 46.3 Å². The molecule has 0 heterocycles. The van der Waals surface area contributed by atoms with Gasteiger partial charge in [0.2, 0.25) is 0 Å². The third-order valence-corrected chi connectivity index (χ3v) is 10.2. The van der Waals surface area contributed by atoms with Crippen LogP contribution in [0.1, 0.15) is 112 Å². The van der Waals surface area contributed by atoms with E-state index in [1.165, 1.54) is 77.0 Å². The lowest BCUT2D eigenvalue weighted by Gasteiger charge is -2.58. The van der Waals surface area contributed by atoms with Gasteiger partial charge in [-0.1, -0.05) is 72.0 Å². The van der Waals surface area contributed by atoms with Crippen LogP contribution in [0.5, 0.6) is 0 Å². The maximum Gasteiger partial charge on any atom is -0.00853 e. The van der Waals surface area contributed by atoms with Crippen molar-refractivity contribution in [1.29, 1.82) is 0 Å². The molecule has 0 N–H and O–H groups in total. The van der Waals surface area contributed by atoms with E-state index in [1.54, 1.807) is 0 Å². The number of rotatable bonds is 5. The van der Waals surface area contributed by atoms with Gasteiger partial charge in [-0.3, -0.25) is 0 Å². The highest BCUT2D eigenvalue weighted by molar-refractivity contribution is 5.24. The number of allylic oxidation sites excluding steroid dienone is 2. The standard InChI is InChI=1S/C27H46/c1-19(2)9-8-10-20(3)23-14-15-24-22-13-12-21-11-6-7-17-26(21,4)25(22)16-18-27(23,24)5/h12,19-20,22-25H,6-11,13-18H2,1-5H3/t20-,22-,23+,24+,25-,26-,27+/m1/s1. The second kappa shape index (κ2) is 7.53. The van der Waals surface area contributed by atoms with E-state index in [9.17, 15) is 0 Å². The third kappa shape index (κ3) is 3.36. The molecule has 0 unspecified atom stereocenters. The van der Waals surface area contributed by atoms with E-state index < -0.39 is 0 Å². The van der Waals surface area contributed by atoms with Crippen molar-refractivity contribution < 1.29 is 0 Å². The maximum atomic E-state index is 2.74. The highest BCUT2D eigenvalue weighted by Crippen LogP contribution is 2.67. The first-order valence-corrected chi connectivity index (χ1v) is 12.6. The minimum Gasteiger partial charge on any atom is -0.0845 e. The van der Waals surface area contributed by atoms with Crippen LogP contribution in [0.2, 0.25) is 0 Å². The van der Waals surface area contributed by atoms with E-state index in [-0.39, 0.29) is 0 Å². The van der Waals surface area contributed by atoms with Gasteiger partial charge >= 0.3 is 0 Å². The van der Waals surface area contributed by atoms with Crippen molar-refractivity contribution in [2.75, 3.05) is 0 Å². The first kappa shape index (κ1) is 20.0. The summed E-state index contributed by atoms with van der Waals surface area (Å²) in [4.78, 5) is 0.